The van der Waals surface area contributed by atoms with Gasteiger partial charge in [0, 0.05) is 23.1 Å². The van der Waals surface area contributed by atoms with Gasteiger partial charge in [0.2, 0.25) is 0 Å². The molecule has 0 fully saturated rings. The van der Waals surface area contributed by atoms with Gasteiger partial charge in [-0.15, -0.1) is 0 Å². The third-order valence-corrected chi connectivity index (χ3v) is 4.49. The van der Waals surface area contributed by atoms with Gasteiger partial charge in [-0.3, -0.25) is 0 Å². The van der Waals surface area contributed by atoms with E-state index >= 15 is 0 Å². The minimum Gasteiger partial charge on any atom is -0.466 e. The van der Waals surface area contributed by atoms with Crippen molar-refractivity contribution in [1.29, 1.82) is 0 Å². The van der Waals surface area contributed by atoms with Crippen LogP contribution in [0.5, 0.6) is 0 Å². The molecule has 0 N–H and O–H groups in total. The van der Waals surface area contributed by atoms with Crippen molar-refractivity contribution < 1.29 is 19.1 Å². The number of hydrogen-bond acceptors (Lipinski definition) is 5. The van der Waals surface area contributed by atoms with Crippen LogP contribution >= 0.6 is 11.6 Å². The summed E-state index contributed by atoms with van der Waals surface area (Å²) in [6.45, 7) is 0. The van der Waals surface area contributed by atoms with Crippen LogP contribution in [0.1, 0.15) is 11.5 Å². The minimum atomic E-state index is -0.596. The van der Waals surface area contributed by atoms with E-state index < -0.39 is 17.9 Å². The Kier molecular flexibility index (Phi) is 5.62. The number of anilines is 1. The fraction of sp³-hybridized carbons (Fsp3) is 0.143. The van der Waals surface area contributed by atoms with E-state index in [9.17, 15) is 9.59 Å². The number of hydrogen-bond donors (Lipinski definition) is 0. The molecule has 2 aromatic rings. The molecule has 1 heterocycles. The second-order valence-corrected chi connectivity index (χ2v) is 6.32. The Morgan fingerprint density at radius 1 is 0.889 bits per heavy atom. The van der Waals surface area contributed by atoms with Crippen molar-refractivity contribution in [3.63, 3.8) is 0 Å². The predicted molar refractivity (Wildman–Crippen MR) is 103 cm³/mol. The molecule has 0 spiro atoms. The Balaban J connectivity index is 2.17. The maximum absolute atomic E-state index is 12.5. The molecular formula is C21H18ClNO4. The van der Waals surface area contributed by atoms with Crippen molar-refractivity contribution in [2.24, 2.45) is 0 Å². The fourth-order valence-electron chi connectivity index (χ4n) is 3.02. The molecule has 5 nitrogen and oxygen atoms in total. The third kappa shape index (κ3) is 3.88. The number of carbonyl (C=O) groups excluding carboxylic acids is 2. The molecule has 1 aliphatic heterocycles. The zero-order chi connectivity index (χ0) is 19.4. The molecule has 0 aliphatic carbocycles. The first-order valence-corrected chi connectivity index (χ1v) is 8.62. The van der Waals surface area contributed by atoms with Crippen molar-refractivity contribution in [3.05, 3.63) is 88.7 Å². The number of carbonyl (C=O) groups is 2. The van der Waals surface area contributed by atoms with E-state index in [4.69, 9.17) is 21.1 Å². The van der Waals surface area contributed by atoms with Crippen LogP contribution in [0.2, 0.25) is 5.02 Å². The molecule has 27 heavy (non-hydrogen) atoms. The quantitative estimate of drug-likeness (QED) is 0.745. The first-order valence-electron chi connectivity index (χ1n) is 8.24. The predicted octanol–water partition coefficient (Wildman–Crippen LogP) is 4.06. The Morgan fingerprint density at radius 3 is 2.00 bits per heavy atom. The van der Waals surface area contributed by atoms with E-state index in [0.29, 0.717) is 21.9 Å². The minimum absolute atomic E-state index is 0.326. The number of benzene rings is 2. The third-order valence-electron chi connectivity index (χ3n) is 4.26. The molecule has 0 amide bonds. The van der Waals surface area contributed by atoms with Crippen molar-refractivity contribution in [2.75, 3.05) is 19.1 Å². The summed E-state index contributed by atoms with van der Waals surface area (Å²) in [7, 11) is 2.62. The van der Waals surface area contributed by atoms with Crippen molar-refractivity contribution in [3.8, 4) is 0 Å². The molecule has 0 bridgehead atoms. The first-order chi connectivity index (χ1) is 13.0. The highest BCUT2D eigenvalue weighted by Crippen LogP contribution is 2.38. The second kappa shape index (κ2) is 8.10. The van der Waals surface area contributed by atoms with E-state index in [-0.39, 0.29) is 0 Å². The van der Waals surface area contributed by atoms with Gasteiger partial charge in [-0.1, -0.05) is 48.0 Å². The number of esters is 2. The maximum Gasteiger partial charge on any atom is 0.336 e. The van der Waals surface area contributed by atoms with Crippen molar-refractivity contribution in [1.82, 2.24) is 0 Å². The van der Waals surface area contributed by atoms with Crippen LogP contribution < -0.4 is 4.90 Å². The highest BCUT2D eigenvalue weighted by Gasteiger charge is 2.35. The summed E-state index contributed by atoms with van der Waals surface area (Å²) in [5.41, 5.74) is 2.14. The average molecular weight is 384 g/mol. The number of ether oxygens (including phenoxy) is 2. The van der Waals surface area contributed by atoms with Gasteiger partial charge in [-0.25, -0.2) is 9.59 Å². The van der Waals surface area contributed by atoms with Gasteiger partial charge in [0.25, 0.3) is 0 Å². The Labute approximate surface area is 162 Å². The van der Waals surface area contributed by atoms with Gasteiger partial charge < -0.3 is 14.4 Å². The van der Waals surface area contributed by atoms with Crippen LogP contribution in [-0.4, -0.2) is 26.2 Å². The molecule has 0 atom stereocenters. The van der Waals surface area contributed by atoms with Gasteiger partial charge in [0.1, 0.15) is 0 Å². The second-order valence-electron chi connectivity index (χ2n) is 5.88. The van der Waals surface area contributed by atoms with Crippen molar-refractivity contribution in [2.45, 2.75) is 5.92 Å². The normalized spacial score (nSPS) is 14.3. The lowest BCUT2D eigenvalue weighted by atomic mass is 9.83. The largest absolute Gasteiger partial charge is 0.466 e. The van der Waals surface area contributed by atoms with Crippen molar-refractivity contribution >= 4 is 29.2 Å². The maximum atomic E-state index is 12.5. The molecule has 1 aliphatic rings. The SMILES string of the molecule is COC(=O)C1=CN(c2cccc(Cl)c2)C=C(C(=O)OC)C1c1ccccc1. The van der Waals surface area contributed by atoms with E-state index in [1.165, 1.54) is 14.2 Å². The summed E-state index contributed by atoms with van der Waals surface area (Å²) in [6.07, 6.45) is 3.31. The molecule has 2 aromatic carbocycles. The smallest absolute Gasteiger partial charge is 0.336 e. The molecule has 0 radical (unpaired) electrons. The summed E-state index contributed by atoms with van der Waals surface area (Å²) >= 11 is 6.09. The number of methoxy groups -OCH3 is 2. The Morgan fingerprint density at radius 2 is 1.48 bits per heavy atom. The average Bonchev–Trinajstić information content (AvgIpc) is 2.72. The van der Waals surface area contributed by atoms with E-state index in [1.54, 1.807) is 35.5 Å². The monoisotopic (exact) mass is 383 g/mol. The van der Waals surface area contributed by atoms with Crippen LogP contribution in [0, 0.1) is 0 Å². The van der Waals surface area contributed by atoms with Crippen LogP contribution in [0.3, 0.4) is 0 Å². The molecule has 0 unspecified atom stereocenters. The Hall–Kier alpha value is -3.05. The number of nitrogens with zero attached hydrogens (tertiary/aromatic N) is 1. The van der Waals surface area contributed by atoms with Crippen LogP contribution in [-0.2, 0) is 19.1 Å². The Bertz CT molecular complexity index is 887. The lowest BCUT2D eigenvalue weighted by Crippen LogP contribution is -2.28. The molecule has 0 saturated heterocycles. The first kappa shape index (κ1) is 18.7. The highest BCUT2D eigenvalue weighted by molar-refractivity contribution is 6.30. The lowest BCUT2D eigenvalue weighted by Gasteiger charge is -2.30. The van der Waals surface area contributed by atoms with E-state index in [2.05, 4.69) is 0 Å². The summed E-state index contributed by atoms with van der Waals surface area (Å²) in [5, 5.41) is 0.540. The summed E-state index contributed by atoms with van der Waals surface area (Å²) < 4.78 is 9.94. The van der Waals surface area contributed by atoms with Gasteiger partial charge in [0.15, 0.2) is 0 Å². The van der Waals surface area contributed by atoms with Crippen LogP contribution in [0.25, 0.3) is 0 Å². The fourth-order valence-corrected chi connectivity index (χ4v) is 3.21. The van der Waals surface area contributed by atoms with Gasteiger partial charge in [-0.2, -0.15) is 0 Å². The highest BCUT2D eigenvalue weighted by atomic mass is 35.5. The molecule has 138 valence electrons. The van der Waals surface area contributed by atoms with Crippen LogP contribution in [0.4, 0.5) is 5.69 Å². The zero-order valence-corrected chi connectivity index (χ0v) is 15.6. The van der Waals surface area contributed by atoms with E-state index in [0.717, 1.165) is 5.56 Å². The van der Waals surface area contributed by atoms with Gasteiger partial charge in [-0.05, 0) is 23.8 Å². The molecule has 0 aromatic heterocycles. The lowest BCUT2D eigenvalue weighted by molar-refractivity contribution is -0.137. The van der Waals surface area contributed by atoms with Gasteiger partial charge >= 0.3 is 11.9 Å². The topological polar surface area (TPSA) is 55.8 Å². The van der Waals surface area contributed by atoms with Gasteiger partial charge in [0.05, 0.1) is 31.3 Å². The summed E-state index contributed by atoms with van der Waals surface area (Å²) in [4.78, 5) is 26.7. The standard InChI is InChI=1S/C21H18ClNO4/c1-26-20(24)17-12-23(16-10-6-9-15(22)11-16)13-18(21(25)27-2)19(17)14-7-4-3-5-8-14/h3-13,19H,1-2H3. The van der Waals surface area contributed by atoms with Crippen LogP contribution in [0.15, 0.2) is 78.1 Å². The molecular weight excluding hydrogens is 366 g/mol. The molecule has 0 saturated carbocycles. The summed E-state index contributed by atoms with van der Waals surface area (Å²) in [5.74, 6) is -1.64. The summed E-state index contributed by atoms with van der Waals surface area (Å²) in [6, 6.07) is 16.4. The number of halogens is 1. The zero-order valence-electron chi connectivity index (χ0n) is 14.9. The molecule has 6 heteroatoms. The molecule has 3 rings (SSSR count). The number of rotatable bonds is 4. The van der Waals surface area contributed by atoms with E-state index in [1.807, 2.05) is 36.4 Å².